The largest absolute Gasteiger partial charge is 0.384 e. The van der Waals surface area contributed by atoms with Gasteiger partial charge in [-0.05, 0) is 37.0 Å². The summed E-state index contributed by atoms with van der Waals surface area (Å²) in [5.41, 5.74) is 2.33. The van der Waals surface area contributed by atoms with Crippen LogP contribution in [0.1, 0.15) is 41.8 Å². The van der Waals surface area contributed by atoms with Crippen LogP contribution in [0.3, 0.4) is 0 Å². The molecule has 0 aliphatic carbocycles. The van der Waals surface area contributed by atoms with Gasteiger partial charge in [0.25, 0.3) is 5.91 Å². The molecule has 0 unspecified atom stereocenters. The highest BCUT2D eigenvalue weighted by Gasteiger charge is 2.15. The van der Waals surface area contributed by atoms with Crippen LogP contribution in [-0.4, -0.2) is 36.1 Å². The van der Waals surface area contributed by atoms with Gasteiger partial charge in [0.05, 0.1) is 5.56 Å². The van der Waals surface area contributed by atoms with E-state index in [0.29, 0.717) is 17.0 Å². The lowest BCUT2D eigenvalue weighted by Crippen LogP contribution is -2.29. The lowest BCUT2D eigenvalue weighted by molar-refractivity contribution is 0.0789. The molecule has 0 aliphatic rings. The maximum absolute atomic E-state index is 12.4. The molecule has 3 heteroatoms. The minimum Gasteiger partial charge on any atom is -0.384 e. The van der Waals surface area contributed by atoms with Gasteiger partial charge in [0.2, 0.25) is 0 Å². The van der Waals surface area contributed by atoms with Crippen molar-refractivity contribution in [2.24, 2.45) is 5.92 Å². The highest BCUT2D eigenvalue weighted by atomic mass is 16.2. The van der Waals surface area contributed by atoms with Crippen LogP contribution in [0.25, 0.3) is 0 Å². The Balaban J connectivity index is 2.97. The monoisotopic (exact) mass is 273 g/mol. The SMILES string of the molecule is Cc1ccc(C(=O)N(C)CCC(C)C)c(C#CCO)c1. The molecule has 1 aromatic rings. The topological polar surface area (TPSA) is 40.5 Å². The molecule has 3 nitrogen and oxygen atoms in total. The summed E-state index contributed by atoms with van der Waals surface area (Å²) < 4.78 is 0. The third-order valence-corrected chi connectivity index (χ3v) is 3.10. The molecule has 0 bridgehead atoms. The number of benzene rings is 1. The number of rotatable bonds is 4. The van der Waals surface area contributed by atoms with Gasteiger partial charge in [0, 0.05) is 19.2 Å². The van der Waals surface area contributed by atoms with Crippen LogP contribution < -0.4 is 0 Å². The van der Waals surface area contributed by atoms with E-state index in [9.17, 15) is 4.79 Å². The van der Waals surface area contributed by atoms with Gasteiger partial charge in [-0.2, -0.15) is 0 Å². The number of aryl methyl sites for hydroxylation is 1. The molecule has 0 heterocycles. The number of carbonyl (C=O) groups excluding carboxylic acids is 1. The normalized spacial score (nSPS) is 10.1. The van der Waals surface area contributed by atoms with Crippen molar-refractivity contribution in [1.82, 2.24) is 4.90 Å². The second kappa shape index (κ2) is 7.72. The summed E-state index contributed by atoms with van der Waals surface area (Å²) in [7, 11) is 1.81. The van der Waals surface area contributed by atoms with Crippen LogP contribution in [0.4, 0.5) is 0 Å². The first kappa shape index (κ1) is 16.3. The minimum atomic E-state index is -0.204. The Labute approximate surface area is 121 Å². The summed E-state index contributed by atoms with van der Waals surface area (Å²) in [5.74, 6) is 6.01. The maximum atomic E-state index is 12.4. The molecule has 0 radical (unpaired) electrons. The molecule has 1 amide bonds. The molecule has 1 rings (SSSR count). The molecule has 0 aromatic heterocycles. The summed E-state index contributed by atoms with van der Waals surface area (Å²) in [5, 5.41) is 8.81. The Hall–Kier alpha value is -1.79. The molecule has 0 saturated heterocycles. The predicted octanol–water partition coefficient (Wildman–Crippen LogP) is 2.46. The predicted molar refractivity (Wildman–Crippen MR) is 81.6 cm³/mol. The van der Waals surface area contributed by atoms with Gasteiger partial charge >= 0.3 is 0 Å². The van der Waals surface area contributed by atoms with Crippen molar-refractivity contribution in [3.8, 4) is 11.8 Å². The number of aliphatic hydroxyl groups is 1. The summed E-state index contributed by atoms with van der Waals surface area (Å²) in [6.07, 6.45) is 0.978. The summed E-state index contributed by atoms with van der Waals surface area (Å²) in [6.45, 7) is 6.77. The summed E-state index contributed by atoms with van der Waals surface area (Å²) in [4.78, 5) is 14.2. The van der Waals surface area contributed by atoms with E-state index in [2.05, 4.69) is 25.7 Å². The summed E-state index contributed by atoms with van der Waals surface area (Å²) >= 11 is 0. The van der Waals surface area contributed by atoms with E-state index in [1.807, 2.05) is 32.2 Å². The van der Waals surface area contributed by atoms with Crippen LogP contribution in [0.15, 0.2) is 18.2 Å². The van der Waals surface area contributed by atoms with E-state index in [1.165, 1.54) is 0 Å². The van der Waals surface area contributed by atoms with E-state index in [4.69, 9.17) is 5.11 Å². The molecule has 0 spiro atoms. The highest BCUT2D eigenvalue weighted by molar-refractivity contribution is 5.96. The summed E-state index contributed by atoms with van der Waals surface area (Å²) in [6, 6.07) is 5.60. The van der Waals surface area contributed by atoms with Crippen LogP contribution in [-0.2, 0) is 0 Å². The average molecular weight is 273 g/mol. The van der Waals surface area contributed by atoms with Gasteiger partial charge in [-0.25, -0.2) is 0 Å². The highest BCUT2D eigenvalue weighted by Crippen LogP contribution is 2.14. The lowest BCUT2D eigenvalue weighted by Gasteiger charge is -2.19. The van der Waals surface area contributed by atoms with E-state index in [0.717, 1.165) is 18.5 Å². The Morgan fingerprint density at radius 1 is 1.40 bits per heavy atom. The third kappa shape index (κ3) is 4.71. The minimum absolute atomic E-state index is 0.0205. The molecule has 20 heavy (non-hydrogen) atoms. The number of carbonyl (C=O) groups is 1. The third-order valence-electron chi connectivity index (χ3n) is 3.10. The number of aliphatic hydroxyl groups excluding tert-OH is 1. The van der Waals surface area contributed by atoms with Crippen molar-refractivity contribution < 1.29 is 9.90 Å². The number of nitrogens with zero attached hydrogens (tertiary/aromatic N) is 1. The molecule has 108 valence electrons. The van der Waals surface area contributed by atoms with Crippen molar-refractivity contribution in [3.05, 3.63) is 34.9 Å². The molecule has 0 atom stereocenters. The van der Waals surface area contributed by atoms with Gasteiger partial charge < -0.3 is 10.0 Å². The Bertz CT molecular complexity index is 524. The molecule has 1 N–H and O–H groups in total. The fraction of sp³-hybridized carbons (Fsp3) is 0.471. The van der Waals surface area contributed by atoms with E-state index in [1.54, 1.807) is 4.90 Å². The van der Waals surface area contributed by atoms with Gasteiger partial charge in [0.1, 0.15) is 6.61 Å². The van der Waals surface area contributed by atoms with Crippen molar-refractivity contribution in [1.29, 1.82) is 0 Å². The van der Waals surface area contributed by atoms with E-state index in [-0.39, 0.29) is 12.5 Å². The zero-order chi connectivity index (χ0) is 15.1. The van der Waals surface area contributed by atoms with Crippen LogP contribution in [0.5, 0.6) is 0 Å². The second-order valence-electron chi connectivity index (χ2n) is 5.42. The molecule has 0 saturated carbocycles. The first-order valence-corrected chi connectivity index (χ1v) is 6.91. The van der Waals surface area contributed by atoms with Crippen molar-refractivity contribution in [3.63, 3.8) is 0 Å². The Kier molecular flexibility index (Phi) is 6.27. The molecule has 0 aliphatic heterocycles. The van der Waals surface area contributed by atoms with Gasteiger partial charge in [-0.15, -0.1) is 0 Å². The van der Waals surface area contributed by atoms with Crippen molar-refractivity contribution >= 4 is 5.91 Å². The van der Waals surface area contributed by atoms with E-state index < -0.39 is 0 Å². The number of hydrogen-bond donors (Lipinski definition) is 1. The van der Waals surface area contributed by atoms with Gasteiger partial charge in [0.15, 0.2) is 0 Å². The second-order valence-corrected chi connectivity index (χ2v) is 5.42. The average Bonchev–Trinajstić information content (AvgIpc) is 2.41. The Morgan fingerprint density at radius 2 is 2.10 bits per heavy atom. The lowest BCUT2D eigenvalue weighted by atomic mass is 10.0. The van der Waals surface area contributed by atoms with E-state index >= 15 is 0 Å². The molecule has 1 aromatic carbocycles. The standard InChI is InChI=1S/C17H23NO2/c1-13(2)9-10-18(4)17(20)16-8-7-14(3)12-15(16)6-5-11-19/h7-8,12-13,19H,9-11H2,1-4H3. The fourth-order valence-corrected chi connectivity index (χ4v) is 1.84. The fourth-order valence-electron chi connectivity index (χ4n) is 1.84. The van der Waals surface area contributed by atoms with Crippen LogP contribution in [0, 0.1) is 24.7 Å². The maximum Gasteiger partial charge on any atom is 0.254 e. The Morgan fingerprint density at radius 3 is 2.70 bits per heavy atom. The molecular formula is C17H23NO2. The van der Waals surface area contributed by atoms with Crippen LogP contribution >= 0.6 is 0 Å². The zero-order valence-corrected chi connectivity index (χ0v) is 12.7. The van der Waals surface area contributed by atoms with Gasteiger partial charge in [-0.3, -0.25) is 4.79 Å². The van der Waals surface area contributed by atoms with Crippen LogP contribution in [0.2, 0.25) is 0 Å². The smallest absolute Gasteiger partial charge is 0.254 e. The number of hydrogen-bond acceptors (Lipinski definition) is 2. The first-order valence-electron chi connectivity index (χ1n) is 6.91. The molecule has 0 fully saturated rings. The van der Waals surface area contributed by atoms with Gasteiger partial charge in [-0.1, -0.05) is 31.8 Å². The first-order chi connectivity index (χ1) is 9.45. The quantitative estimate of drug-likeness (QED) is 0.856. The zero-order valence-electron chi connectivity index (χ0n) is 12.7. The number of amides is 1. The van der Waals surface area contributed by atoms with Crippen molar-refractivity contribution in [2.75, 3.05) is 20.2 Å². The van der Waals surface area contributed by atoms with Crippen molar-refractivity contribution in [2.45, 2.75) is 27.2 Å². The molecular weight excluding hydrogens is 250 g/mol.